The summed E-state index contributed by atoms with van der Waals surface area (Å²) in [6, 6.07) is -1.61. The van der Waals surface area contributed by atoms with Crippen LogP contribution in [0, 0.1) is 0 Å². The normalized spacial score (nSPS) is 21.6. The van der Waals surface area contributed by atoms with Crippen LogP contribution in [0.3, 0.4) is 0 Å². The van der Waals surface area contributed by atoms with Gasteiger partial charge in [-0.1, -0.05) is 6.08 Å². The standard InChI is InChI=1S/C13H19F3N4/c1-8-5-10(11(6-17)19-9(2)18-3)7-20(4)12(8)13(14,15)16/h5-7,12H,17H2,1-4H3,(H,18,19)/b11-6-. The molecular formula is C13H19F3N4. The summed E-state index contributed by atoms with van der Waals surface area (Å²) in [4.78, 5) is 5.06. The van der Waals surface area contributed by atoms with Crippen LogP contribution in [0.4, 0.5) is 13.2 Å². The number of nitrogens with zero attached hydrogens (tertiary/aromatic N) is 2. The largest absolute Gasteiger partial charge is 0.412 e. The van der Waals surface area contributed by atoms with Crippen LogP contribution in [0.25, 0.3) is 0 Å². The first-order valence-corrected chi connectivity index (χ1v) is 6.02. The fraction of sp³-hybridized carbons (Fsp3) is 0.462. The summed E-state index contributed by atoms with van der Waals surface area (Å²) in [5.41, 5.74) is 6.83. The summed E-state index contributed by atoms with van der Waals surface area (Å²) in [5.74, 6) is 0.620. The summed E-state index contributed by atoms with van der Waals surface area (Å²) in [7, 11) is 3.00. The lowest BCUT2D eigenvalue weighted by molar-refractivity contribution is -0.164. The number of alkyl halides is 3. The summed E-state index contributed by atoms with van der Waals surface area (Å²) in [6.07, 6.45) is -0.100. The molecule has 0 aromatic rings. The lowest BCUT2D eigenvalue weighted by Crippen LogP contribution is -2.43. The molecule has 7 heteroatoms. The molecule has 1 aliphatic rings. The summed E-state index contributed by atoms with van der Waals surface area (Å²) >= 11 is 0. The summed E-state index contributed by atoms with van der Waals surface area (Å²) < 4.78 is 38.8. The van der Waals surface area contributed by atoms with Gasteiger partial charge in [-0.2, -0.15) is 13.2 Å². The molecular weight excluding hydrogens is 269 g/mol. The SMILES string of the molecule is CN=C(C)N/C(=C\N)C1=CN(C)C(C(F)(F)F)C(C)=C1. The van der Waals surface area contributed by atoms with Gasteiger partial charge in [0.15, 0.2) is 0 Å². The van der Waals surface area contributed by atoms with Crippen molar-refractivity contribution >= 4 is 5.84 Å². The summed E-state index contributed by atoms with van der Waals surface area (Å²) in [5, 5.41) is 2.95. The molecule has 0 amide bonds. The first-order chi connectivity index (χ1) is 9.20. The molecule has 0 aliphatic carbocycles. The number of likely N-dealkylation sites (N-methyl/N-ethyl adjacent to an activating group) is 1. The van der Waals surface area contributed by atoms with Gasteiger partial charge in [0.1, 0.15) is 6.04 Å². The van der Waals surface area contributed by atoms with Crippen LogP contribution in [0.2, 0.25) is 0 Å². The number of rotatable bonds is 2. The topological polar surface area (TPSA) is 53.6 Å². The van der Waals surface area contributed by atoms with E-state index in [9.17, 15) is 13.2 Å². The predicted molar refractivity (Wildman–Crippen MR) is 73.9 cm³/mol. The number of aliphatic imine (C=N–C) groups is 1. The average Bonchev–Trinajstić information content (AvgIpc) is 2.32. The minimum atomic E-state index is -4.31. The average molecular weight is 288 g/mol. The number of hydrogen-bond acceptors (Lipinski definition) is 3. The van der Waals surface area contributed by atoms with Crippen LogP contribution in [0.15, 0.2) is 40.3 Å². The molecule has 1 atom stereocenters. The van der Waals surface area contributed by atoms with Gasteiger partial charge < -0.3 is 16.0 Å². The zero-order valence-corrected chi connectivity index (χ0v) is 11.9. The Bertz CT molecular complexity index is 486. The van der Waals surface area contributed by atoms with Gasteiger partial charge in [0, 0.05) is 32.1 Å². The minimum Gasteiger partial charge on any atom is -0.403 e. The van der Waals surface area contributed by atoms with Crippen molar-refractivity contribution in [1.29, 1.82) is 0 Å². The Morgan fingerprint density at radius 3 is 2.50 bits per heavy atom. The first-order valence-electron chi connectivity index (χ1n) is 6.02. The number of nitrogens with one attached hydrogen (secondary N) is 1. The van der Waals surface area contributed by atoms with Crippen molar-refractivity contribution in [2.75, 3.05) is 14.1 Å². The van der Waals surface area contributed by atoms with E-state index in [1.54, 1.807) is 14.0 Å². The van der Waals surface area contributed by atoms with E-state index < -0.39 is 12.2 Å². The third-order valence-corrected chi connectivity index (χ3v) is 3.00. The first kappa shape index (κ1) is 16.1. The molecule has 1 unspecified atom stereocenters. The van der Waals surface area contributed by atoms with Gasteiger partial charge in [-0.3, -0.25) is 4.99 Å². The van der Waals surface area contributed by atoms with Gasteiger partial charge in [0.2, 0.25) is 0 Å². The maximum Gasteiger partial charge on any atom is 0.412 e. The monoisotopic (exact) mass is 288 g/mol. The highest BCUT2D eigenvalue weighted by Gasteiger charge is 2.44. The Hall–Kier alpha value is -1.92. The van der Waals surface area contributed by atoms with E-state index >= 15 is 0 Å². The lowest BCUT2D eigenvalue weighted by Gasteiger charge is -2.33. The van der Waals surface area contributed by atoms with Crippen molar-refractivity contribution < 1.29 is 13.2 Å². The molecule has 0 fully saturated rings. The fourth-order valence-corrected chi connectivity index (χ4v) is 2.07. The molecule has 20 heavy (non-hydrogen) atoms. The van der Waals surface area contributed by atoms with Gasteiger partial charge >= 0.3 is 6.18 Å². The number of amidine groups is 1. The predicted octanol–water partition coefficient (Wildman–Crippen LogP) is 2.13. The number of halogens is 3. The van der Waals surface area contributed by atoms with Crippen LogP contribution >= 0.6 is 0 Å². The molecule has 112 valence electrons. The second-order valence-electron chi connectivity index (χ2n) is 4.60. The molecule has 1 rings (SSSR count). The molecule has 0 radical (unpaired) electrons. The van der Waals surface area contributed by atoms with Crippen molar-refractivity contribution in [3.63, 3.8) is 0 Å². The van der Waals surface area contributed by atoms with E-state index in [0.717, 1.165) is 4.90 Å². The number of hydrogen-bond donors (Lipinski definition) is 2. The van der Waals surface area contributed by atoms with Crippen molar-refractivity contribution in [1.82, 2.24) is 10.2 Å². The fourth-order valence-electron chi connectivity index (χ4n) is 2.07. The Morgan fingerprint density at radius 1 is 1.50 bits per heavy atom. The van der Waals surface area contributed by atoms with Gasteiger partial charge in [0.05, 0.1) is 11.5 Å². The molecule has 0 aromatic carbocycles. The second kappa shape index (κ2) is 6.02. The van der Waals surface area contributed by atoms with E-state index in [2.05, 4.69) is 10.3 Å². The molecule has 1 heterocycles. The molecule has 0 bridgehead atoms. The van der Waals surface area contributed by atoms with Crippen LogP contribution in [0.5, 0.6) is 0 Å². The molecule has 0 saturated heterocycles. The Balaban J connectivity index is 3.06. The molecule has 0 saturated carbocycles. The lowest BCUT2D eigenvalue weighted by atomic mass is 9.99. The molecule has 0 aromatic heterocycles. The number of allylic oxidation sites excluding steroid dienone is 1. The zero-order valence-electron chi connectivity index (χ0n) is 11.9. The third-order valence-electron chi connectivity index (χ3n) is 3.00. The van der Waals surface area contributed by atoms with Crippen molar-refractivity contribution in [3.8, 4) is 0 Å². The van der Waals surface area contributed by atoms with Gasteiger partial charge in [0.25, 0.3) is 0 Å². The van der Waals surface area contributed by atoms with Crippen LogP contribution in [-0.4, -0.2) is 37.0 Å². The van der Waals surface area contributed by atoms with E-state index in [4.69, 9.17) is 5.73 Å². The van der Waals surface area contributed by atoms with E-state index in [1.165, 1.54) is 32.4 Å². The van der Waals surface area contributed by atoms with Crippen molar-refractivity contribution in [2.24, 2.45) is 10.7 Å². The van der Waals surface area contributed by atoms with E-state index in [1.807, 2.05) is 0 Å². The van der Waals surface area contributed by atoms with E-state index in [-0.39, 0.29) is 5.57 Å². The van der Waals surface area contributed by atoms with Gasteiger partial charge in [-0.25, -0.2) is 0 Å². The molecule has 3 N–H and O–H groups in total. The van der Waals surface area contributed by atoms with Crippen molar-refractivity contribution in [2.45, 2.75) is 26.1 Å². The highest BCUT2D eigenvalue weighted by molar-refractivity contribution is 5.82. The zero-order chi connectivity index (χ0) is 15.5. The second-order valence-corrected chi connectivity index (χ2v) is 4.60. The molecule has 4 nitrogen and oxygen atoms in total. The van der Waals surface area contributed by atoms with Gasteiger partial charge in [-0.05, 0) is 19.4 Å². The maximum absolute atomic E-state index is 12.9. The maximum atomic E-state index is 12.9. The third kappa shape index (κ3) is 3.55. The van der Waals surface area contributed by atoms with Gasteiger partial charge in [-0.15, -0.1) is 0 Å². The van der Waals surface area contributed by atoms with Crippen LogP contribution < -0.4 is 11.1 Å². The smallest absolute Gasteiger partial charge is 0.403 e. The van der Waals surface area contributed by atoms with Crippen LogP contribution in [-0.2, 0) is 0 Å². The molecule has 0 spiro atoms. The highest BCUT2D eigenvalue weighted by atomic mass is 19.4. The minimum absolute atomic E-state index is 0.213. The molecule has 1 aliphatic heterocycles. The Kier molecular flexibility index (Phi) is 4.86. The van der Waals surface area contributed by atoms with Crippen molar-refractivity contribution in [3.05, 3.63) is 35.3 Å². The number of nitrogens with two attached hydrogens (primary N) is 1. The highest BCUT2D eigenvalue weighted by Crippen LogP contribution is 2.33. The quantitative estimate of drug-likeness (QED) is 0.604. The van der Waals surface area contributed by atoms with E-state index in [0.29, 0.717) is 17.1 Å². The van der Waals surface area contributed by atoms with Crippen LogP contribution in [0.1, 0.15) is 13.8 Å². The Labute approximate surface area is 116 Å². The Morgan fingerprint density at radius 2 is 2.10 bits per heavy atom. The summed E-state index contributed by atoms with van der Waals surface area (Å²) in [6.45, 7) is 3.20.